The van der Waals surface area contributed by atoms with Crippen molar-refractivity contribution >= 4 is 43.0 Å². The predicted octanol–water partition coefficient (Wildman–Crippen LogP) is 0.315. The molecule has 6 nitrogen and oxygen atoms in total. The third kappa shape index (κ3) is 3.20. The minimum atomic E-state index is -3.78. The van der Waals surface area contributed by atoms with Crippen LogP contribution in [0.3, 0.4) is 0 Å². The summed E-state index contributed by atoms with van der Waals surface area (Å²) in [7, 11) is -7.24. The van der Waals surface area contributed by atoms with Crippen molar-refractivity contribution < 1.29 is 16.8 Å². The van der Waals surface area contributed by atoms with E-state index in [0.29, 0.717) is 5.75 Å². The number of thioether (sulfide) groups is 1. The molecule has 0 aromatic carbocycles. The van der Waals surface area contributed by atoms with Gasteiger partial charge in [0.15, 0.2) is 9.84 Å². The molecule has 1 aromatic heterocycles. The molecule has 10 heteroatoms. The lowest BCUT2D eigenvalue weighted by atomic mass is 10.5. The fourth-order valence-electron chi connectivity index (χ4n) is 1.90. The van der Waals surface area contributed by atoms with Crippen molar-refractivity contribution in [1.29, 1.82) is 0 Å². The Labute approximate surface area is 127 Å². The van der Waals surface area contributed by atoms with E-state index in [-0.39, 0.29) is 23.1 Å². The van der Waals surface area contributed by atoms with Gasteiger partial charge in [-0.1, -0.05) is 0 Å². The van der Waals surface area contributed by atoms with Gasteiger partial charge in [0.05, 0.1) is 0 Å². The second kappa shape index (κ2) is 5.93. The van der Waals surface area contributed by atoms with Crippen LogP contribution in [0.15, 0.2) is 16.3 Å². The van der Waals surface area contributed by atoms with Crippen LogP contribution in [0, 0.1) is 0 Å². The van der Waals surface area contributed by atoms with Gasteiger partial charge in [0.2, 0.25) is 0 Å². The standard InChI is InChI=1S/C10H16N2O4S4/c1-19(13,14)9-7-17-5-4-12(9)20(15,16)10-3-2-8(6-11)18-10/h2-3,9H,4-7,11H2,1H3. The molecule has 1 aromatic rings. The van der Waals surface area contributed by atoms with E-state index >= 15 is 0 Å². The van der Waals surface area contributed by atoms with E-state index < -0.39 is 25.2 Å². The molecule has 1 unspecified atom stereocenters. The van der Waals surface area contributed by atoms with Crippen LogP contribution in [0.4, 0.5) is 0 Å². The highest BCUT2D eigenvalue weighted by molar-refractivity contribution is 8.01. The Hall–Kier alpha value is -0.130. The van der Waals surface area contributed by atoms with E-state index in [9.17, 15) is 16.8 Å². The molecule has 0 radical (unpaired) electrons. The minimum Gasteiger partial charge on any atom is -0.326 e. The van der Waals surface area contributed by atoms with Crippen LogP contribution in [0.25, 0.3) is 0 Å². The lowest BCUT2D eigenvalue weighted by molar-refractivity contribution is 0.406. The summed E-state index contributed by atoms with van der Waals surface area (Å²) in [6.45, 7) is 0.478. The molecule has 1 atom stereocenters. The molecule has 1 fully saturated rings. The molecule has 0 aliphatic carbocycles. The number of rotatable bonds is 4. The average molecular weight is 357 g/mol. The molecule has 2 N–H and O–H groups in total. The van der Waals surface area contributed by atoms with Crippen LogP contribution in [-0.4, -0.2) is 50.8 Å². The quantitative estimate of drug-likeness (QED) is 0.834. The number of sulfone groups is 1. The SMILES string of the molecule is CS(=O)(=O)C1CSCCN1S(=O)(=O)c1ccc(CN)s1. The highest BCUT2D eigenvalue weighted by Gasteiger charge is 2.39. The van der Waals surface area contributed by atoms with E-state index in [1.54, 1.807) is 6.07 Å². The maximum absolute atomic E-state index is 12.6. The number of sulfonamides is 1. The zero-order valence-corrected chi connectivity index (χ0v) is 14.1. The van der Waals surface area contributed by atoms with Crippen LogP contribution >= 0.6 is 23.1 Å². The van der Waals surface area contributed by atoms with Gasteiger partial charge in [-0.15, -0.1) is 11.3 Å². The first kappa shape index (κ1) is 16.2. The Kier molecular flexibility index (Phi) is 4.82. The fraction of sp³-hybridized carbons (Fsp3) is 0.600. The molecule has 1 aliphatic heterocycles. The average Bonchev–Trinajstić information content (AvgIpc) is 2.87. The van der Waals surface area contributed by atoms with E-state index in [1.807, 2.05) is 0 Å². The summed E-state index contributed by atoms with van der Waals surface area (Å²) in [5.74, 6) is 0.869. The number of thiophene rings is 1. The van der Waals surface area contributed by atoms with Crippen molar-refractivity contribution in [3.63, 3.8) is 0 Å². The van der Waals surface area contributed by atoms with E-state index in [4.69, 9.17) is 5.73 Å². The maximum atomic E-state index is 12.6. The molecule has 1 saturated heterocycles. The van der Waals surface area contributed by atoms with Crippen molar-refractivity contribution in [2.75, 3.05) is 24.3 Å². The molecule has 20 heavy (non-hydrogen) atoms. The number of hydrogen-bond acceptors (Lipinski definition) is 7. The first-order valence-electron chi connectivity index (χ1n) is 5.84. The Morgan fingerprint density at radius 1 is 1.35 bits per heavy atom. The van der Waals surface area contributed by atoms with E-state index in [0.717, 1.165) is 26.8 Å². The summed E-state index contributed by atoms with van der Waals surface area (Å²) >= 11 is 2.54. The van der Waals surface area contributed by atoms with Gasteiger partial charge in [-0.05, 0) is 12.1 Å². The highest BCUT2D eigenvalue weighted by atomic mass is 32.2. The predicted molar refractivity (Wildman–Crippen MR) is 82.1 cm³/mol. The Morgan fingerprint density at radius 2 is 2.05 bits per heavy atom. The third-order valence-corrected chi connectivity index (χ3v) is 9.19. The summed E-state index contributed by atoms with van der Waals surface area (Å²) in [4.78, 5) is 0.755. The Balaban J connectivity index is 2.40. The van der Waals surface area contributed by atoms with Crippen molar-refractivity contribution in [1.82, 2.24) is 4.31 Å². The largest absolute Gasteiger partial charge is 0.326 e. The van der Waals surface area contributed by atoms with Crippen molar-refractivity contribution in [3.8, 4) is 0 Å². The van der Waals surface area contributed by atoms with E-state index in [2.05, 4.69) is 0 Å². The number of hydrogen-bond donors (Lipinski definition) is 1. The van der Waals surface area contributed by atoms with Crippen molar-refractivity contribution in [2.45, 2.75) is 16.1 Å². The molecular formula is C10H16N2O4S4. The molecule has 1 aliphatic rings. The lowest BCUT2D eigenvalue weighted by Gasteiger charge is -2.32. The second-order valence-corrected chi connectivity index (χ2v) is 11.0. The maximum Gasteiger partial charge on any atom is 0.253 e. The van der Waals surface area contributed by atoms with Crippen LogP contribution in [0.5, 0.6) is 0 Å². The first-order chi connectivity index (χ1) is 9.26. The number of nitrogens with zero attached hydrogens (tertiary/aromatic N) is 1. The van der Waals surface area contributed by atoms with E-state index in [1.165, 1.54) is 17.8 Å². The number of nitrogens with two attached hydrogens (primary N) is 1. The summed E-state index contributed by atoms with van der Waals surface area (Å²) in [6, 6.07) is 3.15. The highest BCUT2D eigenvalue weighted by Crippen LogP contribution is 2.30. The Bertz CT molecular complexity index is 680. The second-order valence-electron chi connectivity index (χ2n) is 4.40. The third-order valence-electron chi connectivity index (χ3n) is 2.93. The molecule has 0 spiro atoms. The smallest absolute Gasteiger partial charge is 0.253 e. The van der Waals surface area contributed by atoms with Gasteiger partial charge in [0.1, 0.15) is 9.58 Å². The molecule has 2 rings (SSSR count). The molecule has 0 amide bonds. The summed E-state index contributed by atoms with van der Waals surface area (Å²) in [5.41, 5.74) is 5.48. The van der Waals surface area contributed by atoms with Crippen LogP contribution in [0.1, 0.15) is 4.88 Å². The zero-order valence-electron chi connectivity index (χ0n) is 10.9. The van der Waals surface area contributed by atoms with Gasteiger partial charge in [-0.25, -0.2) is 16.8 Å². The minimum absolute atomic E-state index is 0.151. The monoisotopic (exact) mass is 356 g/mol. The van der Waals surface area contributed by atoms with Crippen LogP contribution < -0.4 is 5.73 Å². The molecule has 2 heterocycles. The topological polar surface area (TPSA) is 97.5 Å². The fourth-order valence-corrected chi connectivity index (χ4v) is 8.43. The zero-order chi connectivity index (χ0) is 15.0. The molecule has 0 bridgehead atoms. The van der Waals surface area contributed by atoms with Gasteiger partial charge in [-0.3, -0.25) is 0 Å². The Morgan fingerprint density at radius 3 is 2.60 bits per heavy atom. The molecule has 114 valence electrons. The van der Waals surface area contributed by atoms with Gasteiger partial charge in [0, 0.05) is 35.7 Å². The lowest BCUT2D eigenvalue weighted by Crippen LogP contribution is -2.49. The van der Waals surface area contributed by atoms with Crippen molar-refractivity contribution in [2.24, 2.45) is 5.73 Å². The molecular weight excluding hydrogens is 340 g/mol. The van der Waals surface area contributed by atoms with Gasteiger partial charge in [-0.2, -0.15) is 16.1 Å². The van der Waals surface area contributed by atoms with Crippen molar-refractivity contribution in [3.05, 3.63) is 17.0 Å². The van der Waals surface area contributed by atoms with Gasteiger partial charge in [0.25, 0.3) is 10.0 Å². The summed E-state index contributed by atoms with van der Waals surface area (Å²) in [5, 5.41) is -0.991. The van der Waals surface area contributed by atoms with Gasteiger partial charge < -0.3 is 5.73 Å². The summed E-state index contributed by atoms with van der Waals surface area (Å²) in [6.07, 6.45) is 1.08. The van der Waals surface area contributed by atoms with Crippen LogP contribution in [0.2, 0.25) is 0 Å². The summed E-state index contributed by atoms with van der Waals surface area (Å²) < 4.78 is 50.0. The van der Waals surface area contributed by atoms with Gasteiger partial charge >= 0.3 is 0 Å². The van der Waals surface area contributed by atoms with Crippen LogP contribution in [-0.2, 0) is 26.4 Å². The molecule has 0 saturated carbocycles. The normalized spacial score (nSPS) is 22.0. The first-order valence-corrected chi connectivity index (χ1v) is 11.2.